The summed E-state index contributed by atoms with van der Waals surface area (Å²) >= 11 is 0. The third-order valence-electron chi connectivity index (χ3n) is 3.35. The van der Waals surface area contributed by atoms with Gasteiger partial charge in [-0.15, -0.1) is 0 Å². The standard InChI is InChI=1S/C17H20N2O2/c1-17(2,12-11-13-7-4-3-5-8-13)19-16(21)14-9-6-10-15(20)18-14/h3-10H,11-12H2,1-2H3,(H,18,20)(H,19,21). The number of carbonyl (C=O) groups excluding carboxylic acids is 1. The summed E-state index contributed by atoms with van der Waals surface area (Å²) in [7, 11) is 0. The molecule has 2 aromatic rings. The molecule has 0 bridgehead atoms. The van der Waals surface area contributed by atoms with Crippen molar-refractivity contribution in [2.45, 2.75) is 32.2 Å². The van der Waals surface area contributed by atoms with Crippen LogP contribution in [0.4, 0.5) is 0 Å². The van der Waals surface area contributed by atoms with Crippen molar-refractivity contribution in [1.82, 2.24) is 10.3 Å². The normalized spacial score (nSPS) is 11.1. The minimum absolute atomic E-state index is 0.259. The third kappa shape index (κ3) is 4.60. The Kier molecular flexibility index (Phi) is 4.58. The van der Waals surface area contributed by atoms with E-state index in [1.807, 2.05) is 32.0 Å². The maximum Gasteiger partial charge on any atom is 0.268 e. The van der Waals surface area contributed by atoms with Crippen molar-refractivity contribution in [3.05, 3.63) is 70.1 Å². The van der Waals surface area contributed by atoms with Gasteiger partial charge in [0.25, 0.3) is 5.91 Å². The fourth-order valence-corrected chi connectivity index (χ4v) is 2.12. The smallest absolute Gasteiger partial charge is 0.268 e. The molecule has 0 saturated heterocycles. The first-order valence-electron chi connectivity index (χ1n) is 7.02. The van der Waals surface area contributed by atoms with Gasteiger partial charge >= 0.3 is 0 Å². The van der Waals surface area contributed by atoms with Crippen molar-refractivity contribution in [2.24, 2.45) is 0 Å². The highest BCUT2D eigenvalue weighted by Gasteiger charge is 2.21. The summed E-state index contributed by atoms with van der Waals surface area (Å²) in [6.07, 6.45) is 1.71. The third-order valence-corrected chi connectivity index (χ3v) is 3.35. The van der Waals surface area contributed by atoms with E-state index in [0.29, 0.717) is 0 Å². The van der Waals surface area contributed by atoms with Crippen molar-refractivity contribution in [1.29, 1.82) is 0 Å². The van der Waals surface area contributed by atoms with Gasteiger partial charge in [-0.05, 0) is 38.3 Å². The van der Waals surface area contributed by atoms with Gasteiger partial charge in [-0.1, -0.05) is 36.4 Å². The van der Waals surface area contributed by atoms with E-state index in [2.05, 4.69) is 22.4 Å². The number of aromatic amines is 1. The van der Waals surface area contributed by atoms with Crippen LogP contribution in [0, 0.1) is 0 Å². The van der Waals surface area contributed by atoms with Gasteiger partial charge in [0.05, 0.1) is 0 Å². The van der Waals surface area contributed by atoms with Crippen LogP contribution in [0.5, 0.6) is 0 Å². The van der Waals surface area contributed by atoms with Crippen LogP contribution in [0.2, 0.25) is 0 Å². The van der Waals surface area contributed by atoms with Crippen LogP contribution in [0.15, 0.2) is 53.3 Å². The van der Waals surface area contributed by atoms with Gasteiger partial charge in [-0.2, -0.15) is 0 Å². The highest BCUT2D eigenvalue weighted by Crippen LogP contribution is 2.14. The Balaban J connectivity index is 1.97. The Bertz CT molecular complexity index is 660. The molecule has 21 heavy (non-hydrogen) atoms. The molecule has 0 aliphatic carbocycles. The first-order valence-corrected chi connectivity index (χ1v) is 7.02. The largest absolute Gasteiger partial charge is 0.346 e. The number of hydrogen-bond donors (Lipinski definition) is 2. The quantitative estimate of drug-likeness (QED) is 0.886. The molecule has 0 unspecified atom stereocenters. The Morgan fingerprint density at radius 1 is 1.10 bits per heavy atom. The molecule has 1 heterocycles. The van der Waals surface area contributed by atoms with Gasteiger partial charge in [-0.25, -0.2) is 0 Å². The van der Waals surface area contributed by atoms with Crippen LogP contribution in [0.3, 0.4) is 0 Å². The van der Waals surface area contributed by atoms with Crippen molar-refractivity contribution in [3.63, 3.8) is 0 Å². The van der Waals surface area contributed by atoms with Crippen molar-refractivity contribution >= 4 is 5.91 Å². The average molecular weight is 284 g/mol. The molecule has 0 aliphatic heterocycles. The lowest BCUT2D eigenvalue weighted by Gasteiger charge is -2.26. The Morgan fingerprint density at radius 3 is 2.48 bits per heavy atom. The fraction of sp³-hybridized carbons (Fsp3) is 0.294. The number of rotatable bonds is 5. The highest BCUT2D eigenvalue weighted by atomic mass is 16.2. The number of pyridine rings is 1. The Labute approximate surface area is 124 Å². The van der Waals surface area contributed by atoms with Gasteiger partial charge in [0.1, 0.15) is 5.69 Å². The van der Waals surface area contributed by atoms with Crippen LogP contribution in [-0.2, 0) is 6.42 Å². The number of carbonyl (C=O) groups is 1. The molecule has 2 rings (SSSR count). The summed E-state index contributed by atoms with van der Waals surface area (Å²) in [4.78, 5) is 25.9. The van der Waals surface area contributed by atoms with E-state index in [1.54, 1.807) is 12.1 Å². The van der Waals surface area contributed by atoms with E-state index >= 15 is 0 Å². The first-order chi connectivity index (χ1) is 9.96. The second kappa shape index (κ2) is 6.39. The molecule has 2 N–H and O–H groups in total. The maximum absolute atomic E-state index is 12.1. The van der Waals surface area contributed by atoms with Crippen LogP contribution in [0.25, 0.3) is 0 Å². The van der Waals surface area contributed by atoms with Crippen molar-refractivity contribution < 1.29 is 4.79 Å². The first kappa shape index (κ1) is 15.0. The predicted octanol–water partition coefficient (Wildman–Crippen LogP) is 2.52. The van der Waals surface area contributed by atoms with Crippen LogP contribution >= 0.6 is 0 Å². The zero-order valence-electron chi connectivity index (χ0n) is 12.3. The molecular weight excluding hydrogens is 264 g/mol. The number of nitrogens with one attached hydrogen (secondary N) is 2. The molecular formula is C17H20N2O2. The van der Waals surface area contributed by atoms with Gasteiger partial charge in [0, 0.05) is 11.6 Å². The number of hydrogen-bond acceptors (Lipinski definition) is 2. The minimum Gasteiger partial charge on any atom is -0.346 e. The number of amides is 1. The summed E-state index contributed by atoms with van der Waals surface area (Å²) in [6, 6.07) is 14.7. The molecule has 0 aliphatic rings. The number of H-pyrrole nitrogens is 1. The summed E-state index contributed by atoms with van der Waals surface area (Å²) < 4.78 is 0. The fourth-order valence-electron chi connectivity index (χ4n) is 2.12. The molecule has 0 fully saturated rings. The monoisotopic (exact) mass is 284 g/mol. The SMILES string of the molecule is CC(C)(CCc1ccccc1)NC(=O)c1cccc(=O)[nH]1. The summed E-state index contributed by atoms with van der Waals surface area (Å²) in [6.45, 7) is 3.96. The number of benzene rings is 1. The molecule has 0 spiro atoms. The van der Waals surface area contributed by atoms with Crippen LogP contribution < -0.4 is 10.9 Å². The van der Waals surface area contributed by atoms with E-state index in [4.69, 9.17) is 0 Å². The Morgan fingerprint density at radius 2 is 1.81 bits per heavy atom. The molecule has 4 nitrogen and oxygen atoms in total. The van der Waals surface area contributed by atoms with Gasteiger partial charge in [0.2, 0.25) is 5.56 Å². The van der Waals surface area contributed by atoms with Crippen LogP contribution in [0.1, 0.15) is 36.3 Å². The van der Waals surface area contributed by atoms with Crippen molar-refractivity contribution in [3.8, 4) is 0 Å². The van der Waals surface area contributed by atoms with E-state index < -0.39 is 0 Å². The second-order valence-electron chi connectivity index (χ2n) is 5.75. The van der Waals surface area contributed by atoms with Crippen LogP contribution in [-0.4, -0.2) is 16.4 Å². The molecule has 1 aromatic carbocycles. The molecule has 4 heteroatoms. The molecule has 0 atom stereocenters. The van der Waals surface area contributed by atoms with Gasteiger partial charge in [0.15, 0.2) is 0 Å². The lowest BCUT2D eigenvalue weighted by Crippen LogP contribution is -2.44. The number of aryl methyl sites for hydroxylation is 1. The molecule has 0 radical (unpaired) electrons. The zero-order valence-corrected chi connectivity index (χ0v) is 12.3. The topological polar surface area (TPSA) is 62.0 Å². The maximum atomic E-state index is 12.1. The molecule has 1 aromatic heterocycles. The van der Waals surface area contributed by atoms with E-state index in [0.717, 1.165) is 12.8 Å². The molecule has 110 valence electrons. The Hall–Kier alpha value is -2.36. The second-order valence-corrected chi connectivity index (χ2v) is 5.75. The summed E-state index contributed by atoms with van der Waals surface area (Å²) in [5, 5.41) is 2.96. The minimum atomic E-state index is -0.348. The predicted molar refractivity (Wildman–Crippen MR) is 83.4 cm³/mol. The van der Waals surface area contributed by atoms with Crippen molar-refractivity contribution in [2.75, 3.05) is 0 Å². The lowest BCUT2D eigenvalue weighted by atomic mass is 9.95. The summed E-state index contributed by atoms with van der Waals surface area (Å²) in [5.41, 5.74) is 0.910. The van der Waals surface area contributed by atoms with E-state index in [-0.39, 0.29) is 22.7 Å². The zero-order chi connectivity index (χ0) is 15.3. The van der Waals surface area contributed by atoms with Gasteiger partial charge in [-0.3, -0.25) is 9.59 Å². The lowest BCUT2D eigenvalue weighted by molar-refractivity contribution is 0.0904. The molecule has 1 amide bonds. The van der Waals surface area contributed by atoms with E-state index in [1.165, 1.54) is 11.6 Å². The average Bonchev–Trinajstić information content (AvgIpc) is 2.46. The highest BCUT2D eigenvalue weighted by molar-refractivity contribution is 5.92. The summed E-state index contributed by atoms with van der Waals surface area (Å²) in [5.74, 6) is -0.259. The molecule has 0 saturated carbocycles. The van der Waals surface area contributed by atoms with Gasteiger partial charge < -0.3 is 10.3 Å². The number of aromatic nitrogens is 1. The van der Waals surface area contributed by atoms with E-state index in [9.17, 15) is 9.59 Å².